The first-order valence-corrected chi connectivity index (χ1v) is 11.5. The molecule has 0 aromatic carbocycles. The Hall–Kier alpha value is -0.860. The maximum atomic E-state index is 11.0. The average Bonchev–Trinajstić information content (AvgIpc) is 2.87. The molecule has 15 heteroatoms. The van der Waals surface area contributed by atoms with Gasteiger partial charge >= 0.3 is 0 Å². The van der Waals surface area contributed by atoms with E-state index >= 15 is 0 Å². The molecule has 0 unspecified atom stereocenters. The van der Waals surface area contributed by atoms with Gasteiger partial charge in [0.25, 0.3) is 0 Å². The minimum atomic E-state index is -1.82. The Labute approximate surface area is 206 Å². The van der Waals surface area contributed by atoms with Crippen LogP contribution in [0, 0.1) is 0 Å². The van der Waals surface area contributed by atoms with Gasteiger partial charge in [-0.3, -0.25) is 0 Å². The highest BCUT2D eigenvalue weighted by Gasteiger charge is 2.54. The Balaban J connectivity index is 1.88. The van der Waals surface area contributed by atoms with Crippen LogP contribution in [-0.2, 0) is 28.4 Å². The van der Waals surface area contributed by atoms with Gasteiger partial charge in [0.2, 0.25) is 0 Å². The van der Waals surface area contributed by atoms with Crippen molar-refractivity contribution < 1.29 is 74.4 Å². The van der Waals surface area contributed by atoms with Crippen LogP contribution in [0.15, 0.2) is 12.7 Å². The van der Waals surface area contributed by atoms with Crippen LogP contribution in [0.2, 0.25) is 0 Å². The van der Waals surface area contributed by atoms with Gasteiger partial charge < -0.3 is 74.4 Å². The molecule has 0 bridgehead atoms. The molecule has 3 saturated heterocycles. The van der Waals surface area contributed by atoms with E-state index in [0.717, 1.165) is 0 Å². The number of aliphatic hydroxyl groups excluding tert-OH is 9. The topological polar surface area (TPSA) is 237 Å². The van der Waals surface area contributed by atoms with Gasteiger partial charge in [0.05, 0.1) is 25.9 Å². The number of hydrogen-bond donors (Lipinski definition) is 9. The van der Waals surface area contributed by atoms with E-state index in [1.54, 1.807) is 0 Å². The highest BCUT2D eigenvalue weighted by molar-refractivity contribution is 4.96. The highest BCUT2D eigenvalue weighted by Crippen LogP contribution is 2.33. The van der Waals surface area contributed by atoms with E-state index in [2.05, 4.69) is 6.58 Å². The third-order valence-electron chi connectivity index (χ3n) is 6.41. The maximum Gasteiger partial charge on any atom is 0.187 e. The Morgan fingerprint density at radius 2 is 1.17 bits per heavy atom. The van der Waals surface area contributed by atoms with Crippen molar-refractivity contribution in [3.63, 3.8) is 0 Å². The summed E-state index contributed by atoms with van der Waals surface area (Å²) in [5, 5.41) is 91.3. The molecular formula is C21H36O15. The predicted molar refractivity (Wildman–Crippen MR) is 114 cm³/mol. The third-order valence-corrected chi connectivity index (χ3v) is 6.41. The van der Waals surface area contributed by atoms with Crippen LogP contribution in [0.1, 0.15) is 6.92 Å². The van der Waals surface area contributed by atoms with Gasteiger partial charge in [-0.25, -0.2) is 0 Å². The molecule has 210 valence electrons. The van der Waals surface area contributed by atoms with E-state index in [9.17, 15) is 46.0 Å². The number of ether oxygens (including phenoxy) is 6. The quantitative estimate of drug-likeness (QED) is 0.127. The van der Waals surface area contributed by atoms with Crippen LogP contribution in [0.25, 0.3) is 0 Å². The Kier molecular flexibility index (Phi) is 10.6. The van der Waals surface area contributed by atoms with Gasteiger partial charge in [-0.2, -0.15) is 0 Å². The second-order valence-corrected chi connectivity index (χ2v) is 8.92. The predicted octanol–water partition coefficient (Wildman–Crippen LogP) is -5.34. The van der Waals surface area contributed by atoms with Crippen LogP contribution >= 0.6 is 0 Å². The van der Waals surface area contributed by atoms with Crippen molar-refractivity contribution in [1.82, 2.24) is 0 Å². The summed E-state index contributed by atoms with van der Waals surface area (Å²) in [5.41, 5.74) is 0. The molecule has 3 aliphatic heterocycles. The van der Waals surface area contributed by atoms with Gasteiger partial charge in [-0.05, 0) is 6.92 Å². The van der Waals surface area contributed by atoms with E-state index < -0.39 is 105 Å². The molecule has 0 amide bonds. The van der Waals surface area contributed by atoms with E-state index in [4.69, 9.17) is 28.4 Å². The lowest BCUT2D eigenvalue weighted by Gasteiger charge is -2.48. The second kappa shape index (κ2) is 12.8. The first-order valence-electron chi connectivity index (χ1n) is 11.5. The molecule has 0 aromatic rings. The molecule has 0 aliphatic carbocycles. The number of hydrogen-bond acceptors (Lipinski definition) is 15. The standard InChI is InChI=1S/C21H36O15/c1-3-4-31-19-16(30)18(36-20-14(28)12(26)10(24)7(2)32-20)17(9(6-23)34-19)35-21-15(29)13(27)11(25)8(5-22)33-21/h3,7-30H,1,4-6H2,2H3/t7-,8+,9+,10+,11-,12+,13-,14-,15+,16+,17+,18+,19+,20-,21-/m0/s1. The van der Waals surface area contributed by atoms with Gasteiger partial charge in [0.15, 0.2) is 18.9 Å². The van der Waals surface area contributed by atoms with Crippen molar-refractivity contribution in [1.29, 1.82) is 0 Å². The van der Waals surface area contributed by atoms with Crippen LogP contribution in [0.4, 0.5) is 0 Å². The first kappa shape index (κ1) is 29.7. The molecule has 0 radical (unpaired) electrons. The molecule has 0 aromatic heterocycles. The van der Waals surface area contributed by atoms with Crippen molar-refractivity contribution in [2.45, 2.75) is 99.0 Å². The largest absolute Gasteiger partial charge is 0.394 e. The lowest BCUT2D eigenvalue weighted by molar-refractivity contribution is -0.385. The summed E-state index contributed by atoms with van der Waals surface area (Å²) in [6, 6.07) is 0. The summed E-state index contributed by atoms with van der Waals surface area (Å²) in [5.74, 6) is 0. The number of rotatable bonds is 9. The van der Waals surface area contributed by atoms with Crippen LogP contribution < -0.4 is 0 Å². The molecule has 0 saturated carbocycles. The van der Waals surface area contributed by atoms with Crippen LogP contribution in [0.5, 0.6) is 0 Å². The lowest BCUT2D eigenvalue weighted by Crippen LogP contribution is -2.67. The molecular weight excluding hydrogens is 492 g/mol. The molecule has 9 N–H and O–H groups in total. The summed E-state index contributed by atoms with van der Waals surface area (Å²) in [7, 11) is 0. The zero-order valence-corrected chi connectivity index (χ0v) is 19.5. The maximum absolute atomic E-state index is 11.0. The van der Waals surface area contributed by atoms with E-state index in [1.165, 1.54) is 13.0 Å². The van der Waals surface area contributed by atoms with E-state index in [1.807, 2.05) is 0 Å². The summed E-state index contributed by atoms with van der Waals surface area (Å²) < 4.78 is 33.3. The monoisotopic (exact) mass is 528 g/mol. The zero-order valence-electron chi connectivity index (χ0n) is 19.5. The van der Waals surface area contributed by atoms with E-state index in [0.29, 0.717) is 0 Å². The first-order chi connectivity index (χ1) is 17.0. The Morgan fingerprint density at radius 3 is 1.75 bits per heavy atom. The summed E-state index contributed by atoms with van der Waals surface area (Å²) in [6.45, 7) is 3.42. The fourth-order valence-corrected chi connectivity index (χ4v) is 4.28. The summed E-state index contributed by atoms with van der Waals surface area (Å²) in [6.07, 6.45) is -21.5. The second-order valence-electron chi connectivity index (χ2n) is 8.92. The molecule has 3 heterocycles. The normalized spacial score (nSPS) is 50.1. The molecule has 0 spiro atoms. The summed E-state index contributed by atoms with van der Waals surface area (Å²) in [4.78, 5) is 0. The molecule has 3 rings (SSSR count). The average molecular weight is 529 g/mol. The minimum absolute atomic E-state index is 0.0602. The smallest absolute Gasteiger partial charge is 0.187 e. The van der Waals surface area contributed by atoms with Crippen LogP contribution in [0.3, 0.4) is 0 Å². The van der Waals surface area contributed by atoms with Gasteiger partial charge in [0.1, 0.15) is 67.1 Å². The van der Waals surface area contributed by atoms with E-state index in [-0.39, 0.29) is 6.61 Å². The van der Waals surface area contributed by atoms with Crippen molar-refractivity contribution in [2.75, 3.05) is 19.8 Å². The summed E-state index contributed by atoms with van der Waals surface area (Å²) >= 11 is 0. The SMILES string of the molecule is C=CCO[C@@H]1O[C@H](CO)[C@@H](O[C@@H]2O[C@H](CO)[C@H](O)[C@H](O)[C@H]2O)[C@H](O[C@@H]2O[C@@H](C)[C@@H](O)[C@@H](O)[C@@H]2O)[C@H]1O. The van der Waals surface area contributed by atoms with Crippen molar-refractivity contribution in [3.8, 4) is 0 Å². The molecule has 3 aliphatic rings. The fraction of sp³-hybridized carbons (Fsp3) is 0.905. The van der Waals surface area contributed by atoms with Gasteiger partial charge in [0, 0.05) is 0 Å². The molecule has 15 atom stereocenters. The highest BCUT2D eigenvalue weighted by atomic mass is 16.8. The van der Waals surface area contributed by atoms with Gasteiger partial charge in [-0.1, -0.05) is 6.08 Å². The Morgan fingerprint density at radius 1 is 0.639 bits per heavy atom. The number of aliphatic hydroxyl groups is 9. The molecule has 3 fully saturated rings. The molecule has 36 heavy (non-hydrogen) atoms. The fourth-order valence-electron chi connectivity index (χ4n) is 4.28. The lowest BCUT2D eigenvalue weighted by atomic mass is 9.96. The van der Waals surface area contributed by atoms with Crippen molar-refractivity contribution in [3.05, 3.63) is 12.7 Å². The minimum Gasteiger partial charge on any atom is -0.394 e. The zero-order chi connectivity index (χ0) is 26.7. The van der Waals surface area contributed by atoms with Crippen molar-refractivity contribution in [2.24, 2.45) is 0 Å². The van der Waals surface area contributed by atoms with Gasteiger partial charge in [-0.15, -0.1) is 6.58 Å². The molecule has 15 nitrogen and oxygen atoms in total. The van der Waals surface area contributed by atoms with Crippen LogP contribution in [-0.4, -0.2) is 158 Å². The Bertz CT molecular complexity index is 696. The third kappa shape index (κ3) is 6.06. The van der Waals surface area contributed by atoms with Crippen molar-refractivity contribution >= 4 is 0 Å².